The number of epoxide rings is 1. The Labute approximate surface area is 210 Å². The maximum atomic E-state index is 13.8. The molecular formula is C28H33NO7. The summed E-state index contributed by atoms with van der Waals surface area (Å²) >= 11 is 0. The third-order valence-corrected chi connectivity index (χ3v) is 8.64. The lowest BCUT2D eigenvalue weighted by Crippen LogP contribution is -2.61. The van der Waals surface area contributed by atoms with Gasteiger partial charge >= 0.3 is 6.16 Å². The predicted molar refractivity (Wildman–Crippen MR) is 129 cm³/mol. The van der Waals surface area contributed by atoms with E-state index in [1.807, 2.05) is 56.3 Å². The van der Waals surface area contributed by atoms with Gasteiger partial charge in [0.15, 0.2) is 5.78 Å². The summed E-state index contributed by atoms with van der Waals surface area (Å²) in [5, 5.41) is 13.7. The number of ether oxygens (including phenoxy) is 3. The number of fused-ring (bicyclic) bond motifs is 2. The second-order valence-corrected chi connectivity index (χ2v) is 11.0. The van der Waals surface area contributed by atoms with Gasteiger partial charge in [-0.2, -0.15) is 0 Å². The van der Waals surface area contributed by atoms with Gasteiger partial charge in [-0.1, -0.05) is 56.3 Å². The number of amides is 1. The van der Waals surface area contributed by atoms with Crippen LogP contribution in [0.25, 0.3) is 0 Å². The van der Waals surface area contributed by atoms with Gasteiger partial charge in [-0.05, 0) is 44.2 Å². The molecule has 3 heterocycles. The summed E-state index contributed by atoms with van der Waals surface area (Å²) < 4.78 is 17.3. The molecule has 1 saturated carbocycles. The fourth-order valence-corrected chi connectivity index (χ4v) is 6.51. The Morgan fingerprint density at radius 1 is 1.11 bits per heavy atom. The summed E-state index contributed by atoms with van der Waals surface area (Å²) in [5.74, 6) is -2.32. The fourth-order valence-electron chi connectivity index (χ4n) is 6.51. The molecule has 0 radical (unpaired) electrons. The Morgan fingerprint density at radius 2 is 1.83 bits per heavy atom. The summed E-state index contributed by atoms with van der Waals surface area (Å²) in [6.45, 7) is 7.15. The number of aliphatic hydroxyl groups is 1. The molecule has 192 valence electrons. The second-order valence-electron chi connectivity index (χ2n) is 11.0. The number of benzene rings is 1. The topological polar surface area (TPSA) is 114 Å². The monoisotopic (exact) mass is 495 g/mol. The molecule has 0 bridgehead atoms. The molecule has 3 fully saturated rings. The number of cyclic esters (lactones) is 1. The Hall–Kier alpha value is -2.97. The lowest BCUT2D eigenvalue weighted by molar-refractivity contribution is -0.153. The van der Waals surface area contributed by atoms with Gasteiger partial charge < -0.3 is 24.6 Å². The van der Waals surface area contributed by atoms with Crippen molar-refractivity contribution in [2.45, 2.75) is 69.5 Å². The van der Waals surface area contributed by atoms with Crippen LogP contribution in [0.2, 0.25) is 0 Å². The van der Waals surface area contributed by atoms with Crippen LogP contribution in [0, 0.1) is 23.7 Å². The zero-order valence-electron chi connectivity index (χ0n) is 21.0. The molecule has 1 aliphatic carbocycles. The average molecular weight is 496 g/mol. The van der Waals surface area contributed by atoms with Crippen molar-refractivity contribution in [3.05, 3.63) is 60.4 Å². The SMILES string of the molecule is C[C@@H]1CC=C[C@H]2[C@H]3O[C@@]3(C)[C@H](C)[C@H]3[C@H](Cc4ccccc4)NC(=O)[C@@]32OC(=O)OC=C[C@](C)(O)C1=O. The van der Waals surface area contributed by atoms with Crippen LogP contribution >= 0.6 is 0 Å². The molecule has 5 rings (SSSR count). The lowest BCUT2D eigenvalue weighted by atomic mass is 9.59. The van der Waals surface area contributed by atoms with Crippen molar-refractivity contribution in [3.8, 4) is 0 Å². The van der Waals surface area contributed by atoms with Gasteiger partial charge in [0.05, 0.1) is 23.9 Å². The first-order valence-electron chi connectivity index (χ1n) is 12.5. The van der Waals surface area contributed by atoms with E-state index in [-0.39, 0.29) is 29.9 Å². The summed E-state index contributed by atoms with van der Waals surface area (Å²) in [6, 6.07) is 9.58. The number of hydrogen-bond donors (Lipinski definition) is 2. The number of hydrogen-bond acceptors (Lipinski definition) is 7. The number of allylic oxidation sites excluding steroid dienone is 1. The van der Waals surface area contributed by atoms with Gasteiger partial charge in [0.1, 0.15) is 5.60 Å². The average Bonchev–Trinajstić information content (AvgIpc) is 3.45. The van der Waals surface area contributed by atoms with E-state index in [1.165, 1.54) is 6.92 Å². The number of rotatable bonds is 2. The standard InChI is InChI=1S/C28H33NO7/c1-16-9-8-12-19-23-27(4,35-23)17(2)21-20(15-18-10-6-5-7-11-18)29-24(31)28(19,21)36-25(32)34-14-13-26(3,33)22(16)30/h5-8,10-14,16-17,19-21,23,33H,9,15H2,1-4H3,(H,29,31)/t16-,17-,19+,20+,21+,23-,26+,27+,28+/m1/s1. The van der Waals surface area contributed by atoms with Crippen molar-refractivity contribution in [1.82, 2.24) is 5.32 Å². The molecule has 3 aliphatic heterocycles. The van der Waals surface area contributed by atoms with Crippen LogP contribution in [-0.4, -0.2) is 51.9 Å². The first kappa shape index (κ1) is 24.7. The highest BCUT2D eigenvalue weighted by atomic mass is 16.7. The van der Waals surface area contributed by atoms with E-state index in [0.717, 1.165) is 17.9 Å². The van der Waals surface area contributed by atoms with Gasteiger partial charge in [0.2, 0.25) is 5.60 Å². The number of nitrogens with one attached hydrogen (secondary N) is 1. The molecular weight excluding hydrogens is 462 g/mol. The van der Waals surface area contributed by atoms with E-state index in [4.69, 9.17) is 14.2 Å². The predicted octanol–water partition coefficient (Wildman–Crippen LogP) is 3.09. The van der Waals surface area contributed by atoms with Crippen molar-refractivity contribution in [2.75, 3.05) is 0 Å². The summed E-state index contributed by atoms with van der Waals surface area (Å²) in [6.07, 6.45) is 5.28. The first-order valence-corrected chi connectivity index (χ1v) is 12.5. The quantitative estimate of drug-likeness (QED) is 0.368. The van der Waals surface area contributed by atoms with Crippen molar-refractivity contribution in [2.24, 2.45) is 23.7 Å². The van der Waals surface area contributed by atoms with Gasteiger partial charge in [-0.3, -0.25) is 9.59 Å². The maximum absolute atomic E-state index is 13.8. The smallest absolute Gasteiger partial charge is 0.416 e. The van der Waals surface area contributed by atoms with Gasteiger partial charge in [0, 0.05) is 17.9 Å². The number of carbonyl (C=O) groups is 3. The van der Waals surface area contributed by atoms with Crippen LogP contribution in [0.15, 0.2) is 54.8 Å². The summed E-state index contributed by atoms with van der Waals surface area (Å²) in [4.78, 5) is 39.5. The summed E-state index contributed by atoms with van der Waals surface area (Å²) in [5.41, 5.74) is -2.76. The molecule has 9 atom stereocenters. The number of Topliss-reactive ketones (excluding diaryl/α,β-unsaturated/α-hetero) is 1. The molecule has 1 amide bonds. The highest BCUT2D eigenvalue weighted by molar-refractivity contribution is 5.92. The molecule has 8 nitrogen and oxygen atoms in total. The van der Waals surface area contributed by atoms with Crippen LogP contribution in [0.3, 0.4) is 0 Å². The number of ketones is 1. The van der Waals surface area contributed by atoms with E-state index in [0.29, 0.717) is 12.8 Å². The largest absolute Gasteiger partial charge is 0.514 e. The van der Waals surface area contributed by atoms with Gasteiger partial charge in [-0.15, -0.1) is 0 Å². The van der Waals surface area contributed by atoms with Crippen LogP contribution in [0.5, 0.6) is 0 Å². The van der Waals surface area contributed by atoms with Crippen molar-refractivity contribution < 1.29 is 33.7 Å². The summed E-state index contributed by atoms with van der Waals surface area (Å²) in [7, 11) is 0. The van der Waals surface area contributed by atoms with E-state index >= 15 is 0 Å². The Morgan fingerprint density at radius 3 is 2.56 bits per heavy atom. The second kappa shape index (κ2) is 8.56. The minimum absolute atomic E-state index is 0.0972. The molecule has 2 N–H and O–H groups in total. The van der Waals surface area contributed by atoms with Crippen LogP contribution in [0.1, 0.15) is 39.7 Å². The molecule has 0 aromatic heterocycles. The van der Waals surface area contributed by atoms with Gasteiger partial charge in [-0.25, -0.2) is 4.79 Å². The Bertz CT molecular complexity index is 1130. The molecule has 36 heavy (non-hydrogen) atoms. The van der Waals surface area contributed by atoms with Crippen molar-refractivity contribution in [3.63, 3.8) is 0 Å². The molecule has 8 heteroatoms. The molecule has 1 spiro atoms. The Kier molecular flexibility index (Phi) is 5.87. The zero-order valence-corrected chi connectivity index (χ0v) is 21.0. The molecule has 4 aliphatic rings. The first-order chi connectivity index (χ1) is 17.0. The maximum Gasteiger partial charge on any atom is 0.514 e. The highest BCUT2D eigenvalue weighted by Crippen LogP contribution is 2.63. The third kappa shape index (κ3) is 3.78. The van der Waals surface area contributed by atoms with E-state index in [1.54, 1.807) is 6.92 Å². The van der Waals surface area contributed by atoms with Gasteiger partial charge in [0.25, 0.3) is 5.91 Å². The van der Waals surface area contributed by atoms with Crippen LogP contribution in [0.4, 0.5) is 4.79 Å². The van der Waals surface area contributed by atoms with Crippen LogP contribution in [-0.2, 0) is 30.2 Å². The van der Waals surface area contributed by atoms with Crippen molar-refractivity contribution in [1.29, 1.82) is 0 Å². The van der Waals surface area contributed by atoms with E-state index in [2.05, 4.69) is 5.32 Å². The fraction of sp³-hybridized carbons (Fsp3) is 0.536. The minimum Gasteiger partial charge on any atom is -0.416 e. The van der Waals surface area contributed by atoms with E-state index < -0.39 is 40.6 Å². The molecule has 0 unspecified atom stereocenters. The number of carbonyl (C=O) groups excluding carboxylic acids is 3. The highest BCUT2D eigenvalue weighted by Gasteiger charge is 2.78. The van der Waals surface area contributed by atoms with Crippen LogP contribution < -0.4 is 5.32 Å². The lowest BCUT2D eigenvalue weighted by Gasteiger charge is -2.45. The molecule has 2 saturated heterocycles. The van der Waals surface area contributed by atoms with E-state index in [9.17, 15) is 19.5 Å². The third-order valence-electron chi connectivity index (χ3n) is 8.64. The Balaban J connectivity index is 1.58. The minimum atomic E-state index is -1.81. The zero-order chi connectivity index (χ0) is 25.9. The molecule has 1 aromatic carbocycles. The normalized spacial score (nSPS) is 44.0. The van der Waals surface area contributed by atoms with Crippen molar-refractivity contribution >= 4 is 17.8 Å². The molecule has 1 aromatic rings.